The minimum atomic E-state index is -4.78. The molecule has 0 radical (unpaired) electrons. The van der Waals surface area contributed by atoms with Gasteiger partial charge < -0.3 is 16.2 Å². The van der Waals surface area contributed by atoms with Gasteiger partial charge in [0.05, 0.1) is 17.3 Å². The van der Waals surface area contributed by atoms with Crippen LogP contribution >= 0.6 is 0 Å². The van der Waals surface area contributed by atoms with Crippen molar-refractivity contribution in [2.45, 2.75) is 38.5 Å². The minimum Gasteiger partial charge on any atom is -0.384 e. The lowest BCUT2D eigenvalue weighted by Gasteiger charge is -2.15. The van der Waals surface area contributed by atoms with Crippen LogP contribution in [0.25, 0.3) is 5.69 Å². The topological polar surface area (TPSA) is 117 Å². The summed E-state index contributed by atoms with van der Waals surface area (Å²) in [4.78, 5) is 13.2. The number of anilines is 1. The molecular weight excluding hydrogens is 531 g/mol. The lowest BCUT2D eigenvalue weighted by Crippen LogP contribution is -2.17. The first-order valence-electron chi connectivity index (χ1n) is 13.1. The highest BCUT2D eigenvalue weighted by atomic mass is 19.4. The van der Waals surface area contributed by atoms with Gasteiger partial charge in [-0.15, -0.1) is 0 Å². The summed E-state index contributed by atoms with van der Waals surface area (Å²) in [7, 11) is 0. The maximum Gasteiger partial charge on any atom is 0.435 e. The van der Waals surface area contributed by atoms with E-state index in [0.717, 1.165) is 29.5 Å². The zero-order valence-corrected chi connectivity index (χ0v) is 22.4. The Bertz CT molecular complexity index is 1540. The highest BCUT2D eigenvalue weighted by molar-refractivity contribution is 6.03. The van der Waals surface area contributed by atoms with Gasteiger partial charge in [0.2, 0.25) is 0 Å². The fraction of sp³-hybridized carbons (Fsp3) is 0.258. The van der Waals surface area contributed by atoms with Crippen molar-refractivity contribution in [3.05, 3.63) is 113 Å². The van der Waals surface area contributed by atoms with E-state index in [2.05, 4.69) is 17.3 Å². The van der Waals surface area contributed by atoms with Crippen LogP contribution in [0.5, 0.6) is 0 Å². The summed E-state index contributed by atoms with van der Waals surface area (Å²) in [5.74, 6) is -0.306. The Hall–Kier alpha value is -4.46. The SMILES string of the molecule is CC(CCN)CCc1ccc(C(O)c2cccc(NC(=O)c3cc(C(F)(F)F)nn3-c3cccc(C#N)c3)c2)cc1. The highest BCUT2D eigenvalue weighted by Gasteiger charge is 2.36. The van der Waals surface area contributed by atoms with Gasteiger partial charge in [0.1, 0.15) is 11.8 Å². The van der Waals surface area contributed by atoms with E-state index in [4.69, 9.17) is 5.73 Å². The highest BCUT2D eigenvalue weighted by Crippen LogP contribution is 2.30. The number of amides is 1. The Labute approximate surface area is 236 Å². The zero-order valence-electron chi connectivity index (χ0n) is 22.4. The van der Waals surface area contributed by atoms with Crippen LogP contribution in [-0.4, -0.2) is 27.3 Å². The van der Waals surface area contributed by atoms with Crippen molar-refractivity contribution in [2.24, 2.45) is 11.7 Å². The lowest BCUT2D eigenvalue weighted by molar-refractivity contribution is -0.141. The van der Waals surface area contributed by atoms with E-state index in [-0.39, 0.29) is 22.6 Å². The van der Waals surface area contributed by atoms with E-state index >= 15 is 0 Å². The van der Waals surface area contributed by atoms with Crippen LogP contribution in [0.1, 0.15) is 64.3 Å². The quantitative estimate of drug-likeness (QED) is 0.219. The molecule has 0 spiro atoms. The number of hydrogen-bond donors (Lipinski definition) is 3. The molecule has 0 aliphatic heterocycles. The van der Waals surface area contributed by atoms with E-state index in [1.807, 2.05) is 30.3 Å². The van der Waals surface area contributed by atoms with Gasteiger partial charge >= 0.3 is 6.18 Å². The summed E-state index contributed by atoms with van der Waals surface area (Å²) in [6.45, 7) is 2.84. The zero-order chi connectivity index (χ0) is 29.6. The van der Waals surface area contributed by atoms with E-state index in [1.54, 1.807) is 24.3 Å². The maximum absolute atomic E-state index is 13.5. The Morgan fingerprint density at radius 3 is 2.46 bits per heavy atom. The first kappa shape index (κ1) is 29.5. The van der Waals surface area contributed by atoms with Gasteiger partial charge in [0, 0.05) is 11.8 Å². The Morgan fingerprint density at radius 2 is 1.78 bits per heavy atom. The van der Waals surface area contributed by atoms with E-state index in [1.165, 1.54) is 24.3 Å². The molecule has 2 atom stereocenters. The van der Waals surface area contributed by atoms with Gasteiger partial charge in [-0.25, -0.2) is 4.68 Å². The number of carbonyl (C=O) groups is 1. The van der Waals surface area contributed by atoms with Gasteiger partial charge in [-0.2, -0.15) is 23.5 Å². The second kappa shape index (κ2) is 12.8. The monoisotopic (exact) mass is 561 g/mol. The van der Waals surface area contributed by atoms with Gasteiger partial charge in [0.25, 0.3) is 5.91 Å². The van der Waals surface area contributed by atoms with Crippen LogP contribution in [0.4, 0.5) is 18.9 Å². The standard InChI is InChI=1S/C31H30F3N5O2/c1-20(14-15-35)8-9-21-10-12-23(13-11-21)29(40)24-5-3-6-25(17-24)37-30(41)27-18-28(31(32,33)34)38-39(27)26-7-2-4-22(16-26)19-36/h2-7,10-13,16-18,20,29,40H,8-9,14-15,35H2,1H3,(H,37,41). The second-order valence-electron chi connectivity index (χ2n) is 9.93. The Balaban J connectivity index is 1.53. The molecule has 4 aromatic rings. The molecule has 212 valence electrons. The van der Waals surface area contributed by atoms with Crippen LogP contribution in [0.2, 0.25) is 0 Å². The molecule has 7 nitrogen and oxygen atoms in total. The Kier molecular flexibility index (Phi) is 9.22. The minimum absolute atomic E-state index is 0.131. The third-order valence-corrected chi connectivity index (χ3v) is 6.79. The second-order valence-corrected chi connectivity index (χ2v) is 9.93. The molecule has 0 saturated heterocycles. The summed E-state index contributed by atoms with van der Waals surface area (Å²) in [5, 5.41) is 26.4. The first-order chi connectivity index (χ1) is 19.6. The number of rotatable bonds is 10. The van der Waals surface area contributed by atoms with Crippen molar-refractivity contribution in [3.8, 4) is 11.8 Å². The lowest BCUT2D eigenvalue weighted by atomic mass is 9.96. The fourth-order valence-electron chi connectivity index (χ4n) is 4.47. The summed E-state index contributed by atoms with van der Waals surface area (Å²) in [6.07, 6.45) is -2.85. The van der Waals surface area contributed by atoms with Crippen molar-refractivity contribution in [2.75, 3.05) is 11.9 Å². The van der Waals surface area contributed by atoms with Crippen LogP contribution in [-0.2, 0) is 12.6 Å². The normalized spacial score (nSPS) is 12.9. The molecule has 0 fully saturated rings. The van der Waals surface area contributed by atoms with Crippen LogP contribution in [0, 0.1) is 17.2 Å². The number of benzene rings is 3. The third-order valence-electron chi connectivity index (χ3n) is 6.79. The molecule has 1 heterocycles. The van der Waals surface area contributed by atoms with Gasteiger partial charge in [-0.1, -0.05) is 49.4 Å². The molecule has 0 saturated carbocycles. The van der Waals surface area contributed by atoms with Crippen molar-refractivity contribution < 1.29 is 23.1 Å². The molecule has 3 aromatic carbocycles. The molecular formula is C31H30F3N5O2. The Morgan fingerprint density at radius 1 is 1.05 bits per heavy atom. The predicted molar refractivity (Wildman–Crippen MR) is 149 cm³/mol. The molecule has 41 heavy (non-hydrogen) atoms. The van der Waals surface area contributed by atoms with Crippen LogP contribution < -0.4 is 11.1 Å². The number of aliphatic hydroxyl groups is 1. The number of halogens is 3. The molecule has 2 unspecified atom stereocenters. The number of nitrogens with one attached hydrogen (secondary N) is 1. The smallest absolute Gasteiger partial charge is 0.384 e. The van der Waals surface area contributed by atoms with Gasteiger partial charge in [-0.3, -0.25) is 4.79 Å². The first-order valence-corrected chi connectivity index (χ1v) is 13.1. The van der Waals surface area contributed by atoms with Gasteiger partial charge in [0.15, 0.2) is 5.69 Å². The number of carbonyl (C=O) groups excluding carboxylic acids is 1. The summed E-state index contributed by atoms with van der Waals surface area (Å²) in [6, 6.07) is 22.5. The predicted octanol–water partition coefficient (Wildman–Crippen LogP) is 6.01. The maximum atomic E-state index is 13.5. The fourth-order valence-corrected chi connectivity index (χ4v) is 4.47. The van der Waals surface area contributed by atoms with E-state index in [9.17, 15) is 28.3 Å². The average molecular weight is 562 g/mol. The van der Waals surface area contributed by atoms with E-state index in [0.29, 0.717) is 29.7 Å². The number of nitriles is 1. The molecule has 10 heteroatoms. The third kappa shape index (κ3) is 7.39. The number of aryl methyl sites for hydroxylation is 1. The van der Waals surface area contributed by atoms with E-state index < -0.39 is 23.9 Å². The molecule has 1 amide bonds. The summed E-state index contributed by atoms with van der Waals surface area (Å²) >= 11 is 0. The molecule has 4 rings (SSSR count). The van der Waals surface area contributed by atoms with Crippen molar-refractivity contribution in [1.29, 1.82) is 5.26 Å². The van der Waals surface area contributed by atoms with Gasteiger partial charge in [-0.05, 0) is 78.7 Å². The number of alkyl halides is 3. The molecule has 0 bridgehead atoms. The van der Waals surface area contributed by atoms with Crippen LogP contribution in [0.3, 0.4) is 0 Å². The summed E-state index contributed by atoms with van der Waals surface area (Å²) in [5.41, 5.74) is 6.95. The summed E-state index contributed by atoms with van der Waals surface area (Å²) < 4.78 is 41.3. The van der Waals surface area contributed by atoms with Crippen molar-refractivity contribution in [1.82, 2.24) is 9.78 Å². The number of nitrogens with two attached hydrogens (primary N) is 1. The largest absolute Gasteiger partial charge is 0.435 e. The average Bonchev–Trinajstić information content (AvgIpc) is 3.43. The number of aliphatic hydroxyl groups excluding tert-OH is 1. The number of nitrogens with zero attached hydrogens (tertiary/aromatic N) is 3. The van der Waals surface area contributed by atoms with Crippen LogP contribution in [0.15, 0.2) is 78.9 Å². The molecule has 4 N–H and O–H groups in total. The number of hydrogen-bond acceptors (Lipinski definition) is 5. The molecule has 0 aliphatic carbocycles. The number of aromatic nitrogens is 2. The molecule has 1 aromatic heterocycles. The van der Waals surface area contributed by atoms with Crippen molar-refractivity contribution >= 4 is 11.6 Å². The van der Waals surface area contributed by atoms with Crippen molar-refractivity contribution in [3.63, 3.8) is 0 Å². The molecule has 0 aliphatic rings.